The molecule has 0 unspecified atom stereocenters. The molecule has 1 heterocycles. The smallest absolute Gasteiger partial charge is 0.277 e. The summed E-state index contributed by atoms with van der Waals surface area (Å²) in [5, 5.41) is 3.08. The number of hydrogen-bond donors (Lipinski definition) is 2. The van der Waals surface area contributed by atoms with Crippen LogP contribution < -0.4 is 10.8 Å². The van der Waals surface area contributed by atoms with Gasteiger partial charge in [0.25, 0.3) is 5.91 Å². The summed E-state index contributed by atoms with van der Waals surface area (Å²) in [6.45, 7) is 2.41. The van der Waals surface area contributed by atoms with Crippen molar-refractivity contribution in [2.75, 3.05) is 11.9 Å². The van der Waals surface area contributed by atoms with E-state index in [1.807, 2.05) is 25.1 Å². The quantitative estimate of drug-likeness (QED) is 0.365. The Morgan fingerprint density at radius 3 is 2.96 bits per heavy atom. The molecule has 5 nitrogen and oxygen atoms in total. The van der Waals surface area contributed by atoms with E-state index < -0.39 is 11.7 Å². The zero-order valence-electron chi connectivity index (χ0n) is 14.5. The number of amides is 1. The van der Waals surface area contributed by atoms with Gasteiger partial charge in [0.1, 0.15) is 5.52 Å². The number of thiazole rings is 1. The van der Waals surface area contributed by atoms with Crippen LogP contribution in [0.4, 0.5) is 15.8 Å². The summed E-state index contributed by atoms with van der Waals surface area (Å²) in [6, 6.07) is 7.43. The van der Waals surface area contributed by atoms with Gasteiger partial charge in [0.2, 0.25) is 0 Å². The number of anilines is 2. The molecule has 4 rings (SSSR count). The summed E-state index contributed by atoms with van der Waals surface area (Å²) in [5.41, 5.74) is 6.24. The normalized spacial score (nSPS) is 13.7. The fraction of sp³-hybridized carbons (Fsp3) is 0.263. The highest BCUT2D eigenvalue weighted by Crippen LogP contribution is 2.34. The number of rotatable bonds is 6. The zero-order chi connectivity index (χ0) is 19.0. The number of hydroxylamine groups is 1. The molecule has 1 aliphatic rings. The van der Waals surface area contributed by atoms with Crippen molar-refractivity contribution in [2.24, 2.45) is 5.92 Å². The number of aryl methyl sites for hydroxylation is 1. The fourth-order valence-electron chi connectivity index (χ4n) is 2.73. The highest BCUT2D eigenvalue weighted by atomic mass is 127. The van der Waals surface area contributed by atoms with Crippen molar-refractivity contribution < 1.29 is 14.0 Å². The molecule has 3 aromatic rings. The monoisotopic (exact) mass is 497 g/mol. The molecule has 140 valence electrons. The molecule has 0 spiro atoms. The molecule has 1 aromatic heterocycles. The SMILES string of the molecule is Cc1cc(I)ccc1Nc1c(C(=O)NOCC2CC2)cc2scnc2c1F. The maximum atomic E-state index is 15.1. The molecular weight excluding hydrogens is 480 g/mol. The first-order chi connectivity index (χ1) is 13.0. The predicted octanol–water partition coefficient (Wildman–Crippen LogP) is 5.16. The standard InChI is InChI=1S/C19H17FIN3O2S/c1-10-6-12(21)4-5-14(10)23-17-13(19(25)24-26-8-11-2-3-11)7-15-18(16(17)20)22-9-27-15/h4-7,9,11,23H,2-3,8H2,1H3,(H,24,25). The van der Waals surface area contributed by atoms with E-state index in [1.54, 1.807) is 11.6 Å². The Kier molecular flexibility index (Phi) is 5.29. The number of nitrogens with one attached hydrogen (secondary N) is 2. The number of halogens is 2. The van der Waals surface area contributed by atoms with Crippen LogP contribution in [0.15, 0.2) is 29.8 Å². The van der Waals surface area contributed by atoms with E-state index in [0.717, 1.165) is 27.7 Å². The number of carbonyl (C=O) groups excluding carboxylic acids is 1. The molecule has 1 saturated carbocycles. The summed E-state index contributed by atoms with van der Waals surface area (Å²) >= 11 is 3.51. The van der Waals surface area contributed by atoms with E-state index in [-0.39, 0.29) is 16.8 Å². The predicted molar refractivity (Wildman–Crippen MR) is 113 cm³/mol. The van der Waals surface area contributed by atoms with Gasteiger partial charge >= 0.3 is 0 Å². The molecule has 1 aliphatic carbocycles. The Morgan fingerprint density at radius 1 is 1.41 bits per heavy atom. The fourth-order valence-corrected chi connectivity index (χ4v) is 4.09. The zero-order valence-corrected chi connectivity index (χ0v) is 17.5. The maximum Gasteiger partial charge on any atom is 0.277 e. The first-order valence-electron chi connectivity index (χ1n) is 8.54. The van der Waals surface area contributed by atoms with Crippen molar-refractivity contribution >= 4 is 61.4 Å². The Morgan fingerprint density at radius 2 is 2.22 bits per heavy atom. The third-order valence-corrected chi connectivity index (χ3v) is 5.89. The lowest BCUT2D eigenvalue weighted by Gasteiger charge is -2.15. The molecule has 0 atom stereocenters. The average molecular weight is 497 g/mol. The van der Waals surface area contributed by atoms with Crippen LogP contribution in [0.5, 0.6) is 0 Å². The van der Waals surface area contributed by atoms with Crippen molar-refractivity contribution in [1.29, 1.82) is 0 Å². The van der Waals surface area contributed by atoms with E-state index in [0.29, 0.717) is 17.2 Å². The molecule has 0 bridgehead atoms. The van der Waals surface area contributed by atoms with Crippen LogP contribution in [0, 0.1) is 22.2 Å². The molecule has 0 saturated heterocycles. The number of nitrogens with zero attached hydrogens (tertiary/aromatic N) is 1. The Hall–Kier alpha value is -1.78. The van der Waals surface area contributed by atoms with Gasteiger partial charge in [-0.3, -0.25) is 9.63 Å². The van der Waals surface area contributed by atoms with Crippen LogP contribution in [0.3, 0.4) is 0 Å². The molecule has 1 amide bonds. The minimum Gasteiger partial charge on any atom is -0.352 e. The van der Waals surface area contributed by atoms with Crippen LogP contribution in [0.1, 0.15) is 28.8 Å². The summed E-state index contributed by atoms with van der Waals surface area (Å²) in [6.07, 6.45) is 2.24. The van der Waals surface area contributed by atoms with Crippen LogP contribution >= 0.6 is 33.9 Å². The summed E-state index contributed by atoms with van der Waals surface area (Å²) in [4.78, 5) is 22.0. The van der Waals surface area contributed by atoms with Gasteiger partial charge in [-0.15, -0.1) is 11.3 Å². The average Bonchev–Trinajstić information content (AvgIpc) is 3.33. The van der Waals surface area contributed by atoms with Gasteiger partial charge in [-0.25, -0.2) is 14.9 Å². The molecule has 0 aliphatic heterocycles. The minimum absolute atomic E-state index is 0.102. The van der Waals surface area contributed by atoms with Crippen LogP contribution in [0.25, 0.3) is 10.2 Å². The van der Waals surface area contributed by atoms with Crippen LogP contribution in [0.2, 0.25) is 0 Å². The second-order valence-electron chi connectivity index (χ2n) is 6.58. The van der Waals surface area contributed by atoms with E-state index in [9.17, 15) is 4.79 Å². The molecular formula is C19H17FIN3O2S. The number of fused-ring (bicyclic) bond motifs is 1. The number of aromatic nitrogens is 1. The Balaban J connectivity index is 1.69. The Bertz CT molecular complexity index is 1020. The highest BCUT2D eigenvalue weighted by molar-refractivity contribution is 14.1. The lowest BCUT2D eigenvalue weighted by molar-refractivity contribution is 0.0271. The van der Waals surface area contributed by atoms with Gasteiger partial charge in [-0.05, 0) is 78.1 Å². The topological polar surface area (TPSA) is 63.2 Å². The van der Waals surface area contributed by atoms with Crippen molar-refractivity contribution in [2.45, 2.75) is 19.8 Å². The molecule has 2 N–H and O–H groups in total. The van der Waals surface area contributed by atoms with E-state index in [4.69, 9.17) is 4.84 Å². The number of carbonyl (C=O) groups is 1. The van der Waals surface area contributed by atoms with Gasteiger partial charge in [0.15, 0.2) is 5.82 Å². The highest BCUT2D eigenvalue weighted by Gasteiger charge is 2.24. The van der Waals surface area contributed by atoms with E-state index in [2.05, 4.69) is 38.4 Å². The summed E-state index contributed by atoms with van der Waals surface area (Å²) < 4.78 is 16.8. The minimum atomic E-state index is -0.543. The Labute approximate surface area is 173 Å². The second-order valence-corrected chi connectivity index (χ2v) is 8.71. The first kappa shape index (κ1) is 18.6. The van der Waals surface area contributed by atoms with Crippen molar-refractivity contribution in [3.63, 3.8) is 0 Å². The third-order valence-electron chi connectivity index (χ3n) is 4.44. The number of benzene rings is 2. The van der Waals surface area contributed by atoms with Crippen LogP contribution in [-0.4, -0.2) is 17.5 Å². The molecule has 27 heavy (non-hydrogen) atoms. The molecule has 2 aromatic carbocycles. The lowest BCUT2D eigenvalue weighted by atomic mass is 10.1. The largest absolute Gasteiger partial charge is 0.352 e. The van der Waals surface area contributed by atoms with Gasteiger partial charge in [0, 0.05) is 9.26 Å². The lowest BCUT2D eigenvalue weighted by Crippen LogP contribution is -2.26. The van der Waals surface area contributed by atoms with Crippen molar-refractivity contribution in [1.82, 2.24) is 10.5 Å². The van der Waals surface area contributed by atoms with Gasteiger partial charge in [0.05, 0.1) is 28.1 Å². The molecule has 8 heteroatoms. The third kappa shape index (κ3) is 4.07. The van der Waals surface area contributed by atoms with Crippen molar-refractivity contribution in [3.8, 4) is 0 Å². The van der Waals surface area contributed by atoms with Gasteiger partial charge in [-0.2, -0.15) is 0 Å². The summed E-state index contributed by atoms with van der Waals surface area (Å²) in [7, 11) is 0. The number of hydrogen-bond acceptors (Lipinski definition) is 5. The van der Waals surface area contributed by atoms with E-state index >= 15 is 4.39 Å². The van der Waals surface area contributed by atoms with Crippen molar-refractivity contribution in [3.05, 3.63) is 50.3 Å². The van der Waals surface area contributed by atoms with Crippen LogP contribution in [-0.2, 0) is 4.84 Å². The van der Waals surface area contributed by atoms with Gasteiger partial charge < -0.3 is 5.32 Å². The summed E-state index contributed by atoms with van der Waals surface area (Å²) in [5.74, 6) is -0.507. The van der Waals surface area contributed by atoms with Gasteiger partial charge in [-0.1, -0.05) is 0 Å². The van der Waals surface area contributed by atoms with E-state index in [1.165, 1.54) is 11.3 Å². The second kappa shape index (κ2) is 7.69. The maximum absolute atomic E-state index is 15.1. The molecule has 1 fully saturated rings. The molecule has 0 radical (unpaired) electrons. The first-order valence-corrected chi connectivity index (χ1v) is 10.5.